The molecule has 1 aliphatic rings. The quantitative estimate of drug-likeness (QED) is 0.452. The van der Waals surface area contributed by atoms with E-state index < -0.39 is 0 Å². The van der Waals surface area contributed by atoms with Crippen molar-refractivity contribution in [3.8, 4) is 0 Å². The van der Waals surface area contributed by atoms with Gasteiger partial charge in [-0.25, -0.2) is 0 Å². The first kappa shape index (κ1) is 6.53. The second-order valence-electron chi connectivity index (χ2n) is 2.82. The van der Waals surface area contributed by atoms with Gasteiger partial charge in [0.25, 0.3) is 0 Å². The molecule has 0 unspecified atom stereocenters. The third-order valence-corrected chi connectivity index (χ3v) is 1.82. The van der Waals surface area contributed by atoms with Gasteiger partial charge in [0.05, 0.1) is 0 Å². The van der Waals surface area contributed by atoms with E-state index in [1.807, 2.05) is 0 Å². The third-order valence-electron chi connectivity index (χ3n) is 1.82. The molecular formula is C8H12O. The van der Waals surface area contributed by atoms with Gasteiger partial charge in [-0.05, 0) is 20.3 Å². The SMILES string of the molecule is CC(C)=C1CCC(=O)C1. The minimum absolute atomic E-state index is 0.409. The van der Waals surface area contributed by atoms with Crippen molar-refractivity contribution in [2.45, 2.75) is 33.1 Å². The molecule has 0 aromatic rings. The summed E-state index contributed by atoms with van der Waals surface area (Å²) < 4.78 is 0. The van der Waals surface area contributed by atoms with E-state index in [9.17, 15) is 4.79 Å². The lowest BCUT2D eigenvalue weighted by atomic mass is 10.1. The molecule has 0 aromatic carbocycles. The summed E-state index contributed by atoms with van der Waals surface area (Å²) in [6.45, 7) is 4.15. The summed E-state index contributed by atoms with van der Waals surface area (Å²) in [6.07, 6.45) is 2.52. The predicted octanol–water partition coefficient (Wildman–Crippen LogP) is 2.08. The molecule has 9 heavy (non-hydrogen) atoms. The second-order valence-corrected chi connectivity index (χ2v) is 2.82. The second kappa shape index (κ2) is 2.34. The van der Waals surface area contributed by atoms with E-state index >= 15 is 0 Å². The summed E-state index contributed by atoms with van der Waals surface area (Å²) in [5, 5.41) is 0. The fraction of sp³-hybridized carbons (Fsp3) is 0.625. The van der Waals surface area contributed by atoms with Crippen LogP contribution in [0, 0.1) is 0 Å². The molecule has 0 heterocycles. The van der Waals surface area contributed by atoms with Crippen LogP contribution in [0.5, 0.6) is 0 Å². The Labute approximate surface area is 55.8 Å². The van der Waals surface area contributed by atoms with E-state index in [0.29, 0.717) is 5.78 Å². The number of hydrogen-bond acceptors (Lipinski definition) is 1. The number of hydrogen-bond donors (Lipinski definition) is 0. The smallest absolute Gasteiger partial charge is 0.137 e. The number of carbonyl (C=O) groups excluding carboxylic acids is 1. The molecule has 1 rings (SSSR count). The summed E-state index contributed by atoms with van der Waals surface area (Å²) in [5.74, 6) is 0.409. The molecule has 0 aromatic heterocycles. The fourth-order valence-corrected chi connectivity index (χ4v) is 1.13. The van der Waals surface area contributed by atoms with Gasteiger partial charge in [-0.1, -0.05) is 11.1 Å². The van der Waals surface area contributed by atoms with Gasteiger partial charge in [0.15, 0.2) is 0 Å². The van der Waals surface area contributed by atoms with Gasteiger partial charge in [-0.2, -0.15) is 0 Å². The maximum absolute atomic E-state index is 10.7. The van der Waals surface area contributed by atoms with Crippen LogP contribution in [0.15, 0.2) is 11.1 Å². The highest BCUT2D eigenvalue weighted by molar-refractivity contribution is 5.84. The zero-order valence-electron chi connectivity index (χ0n) is 6.03. The molecule has 0 aliphatic heterocycles. The summed E-state index contributed by atoms with van der Waals surface area (Å²) in [7, 11) is 0. The third kappa shape index (κ3) is 1.41. The van der Waals surface area contributed by atoms with Gasteiger partial charge in [0.1, 0.15) is 5.78 Å². The van der Waals surface area contributed by atoms with Crippen LogP contribution in [0.1, 0.15) is 33.1 Å². The lowest BCUT2D eigenvalue weighted by Crippen LogP contribution is -1.84. The van der Waals surface area contributed by atoms with Gasteiger partial charge < -0.3 is 0 Å². The minimum atomic E-state index is 0.409. The van der Waals surface area contributed by atoms with Crippen molar-refractivity contribution in [3.05, 3.63) is 11.1 Å². The Morgan fingerprint density at radius 2 is 2.00 bits per heavy atom. The molecule has 0 radical (unpaired) electrons. The van der Waals surface area contributed by atoms with Gasteiger partial charge in [0.2, 0.25) is 0 Å². The number of rotatable bonds is 0. The Kier molecular flexibility index (Phi) is 1.70. The van der Waals surface area contributed by atoms with E-state index in [1.54, 1.807) is 0 Å². The summed E-state index contributed by atoms with van der Waals surface area (Å²) in [5.41, 5.74) is 2.70. The van der Waals surface area contributed by atoms with Crippen LogP contribution in [0.3, 0.4) is 0 Å². The van der Waals surface area contributed by atoms with Crippen molar-refractivity contribution in [1.82, 2.24) is 0 Å². The predicted molar refractivity (Wildman–Crippen MR) is 37.2 cm³/mol. The lowest BCUT2D eigenvalue weighted by Gasteiger charge is -1.94. The van der Waals surface area contributed by atoms with E-state index in [4.69, 9.17) is 0 Å². The lowest BCUT2D eigenvalue weighted by molar-refractivity contribution is -0.117. The van der Waals surface area contributed by atoms with E-state index in [2.05, 4.69) is 13.8 Å². The number of ketones is 1. The van der Waals surface area contributed by atoms with Crippen molar-refractivity contribution >= 4 is 5.78 Å². The van der Waals surface area contributed by atoms with E-state index in [1.165, 1.54) is 11.1 Å². The maximum atomic E-state index is 10.7. The zero-order valence-corrected chi connectivity index (χ0v) is 6.03. The molecule has 1 nitrogen and oxygen atoms in total. The molecule has 1 heteroatoms. The summed E-state index contributed by atoms with van der Waals surface area (Å²) in [6, 6.07) is 0. The van der Waals surface area contributed by atoms with Gasteiger partial charge in [0, 0.05) is 12.8 Å². The number of Topliss-reactive ketones (excluding diaryl/α,β-unsaturated/α-hetero) is 1. The normalized spacial score (nSPS) is 18.9. The molecule has 0 bridgehead atoms. The molecule has 50 valence electrons. The molecule has 1 fully saturated rings. The van der Waals surface area contributed by atoms with Crippen molar-refractivity contribution in [1.29, 1.82) is 0 Å². The number of carbonyl (C=O) groups is 1. The van der Waals surface area contributed by atoms with Gasteiger partial charge in [-0.15, -0.1) is 0 Å². The Balaban J connectivity index is 2.69. The molecule has 0 amide bonds. The van der Waals surface area contributed by atoms with Crippen LogP contribution in [0.4, 0.5) is 0 Å². The largest absolute Gasteiger partial charge is 0.299 e. The highest BCUT2D eigenvalue weighted by atomic mass is 16.1. The zero-order chi connectivity index (χ0) is 6.85. The van der Waals surface area contributed by atoms with E-state index in [-0.39, 0.29) is 0 Å². The molecular weight excluding hydrogens is 112 g/mol. The molecule has 0 atom stereocenters. The van der Waals surface area contributed by atoms with Crippen molar-refractivity contribution in [3.63, 3.8) is 0 Å². The Morgan fingerprint density at radius 1 is 1.33 bits per heavy atom. The topological polar surface area (TPSA) is 17.1 Å². The summed E-state index contributed by atoms with van der Waals surface area (Å²) in [4.78, 5) is 10.7. The summed E-state index contributed by atoms with van der Waals surface area (Å²) >= 11 is 0. The number of allylic oxidation sites excluding steroid dienone is 2. The van der Waals surface area contributed by atoms with Crippen LogP contribution in [-0.4, -0.2) is 5.78 Å². The van der Waals surface area contributed by atoms with Crippen molar-refractivity contribution in [2.75, 3.05) is 0 Å². The molecule has 0 spiro atoms. The molecule has 0 N–H and O–H groups in total. The van der Waals surface area contributed by atoms with Crippen LogP contribution in [0.25, 0.3) is 0 Å². The van der Waals surface area contributed by atoms with Crippen LogP contribution < -0.4 is 0 Å². The first-order chi connectivity index (χ1) is 4.20. The monoisotopic (exact) mass is 124 g/mol. The van der Waals surface area contributed by atoms with Crippen LogP contribution >= 0.6 is 0 Å². The fourth-order valence-electron chi connectivity index (χ4n) is 1.13. The molecule has 1 aliphatic carbocycles. The van der Waals surface area contributed by atoms with Crippen LogP contribution in [-0.2, 0) is 4.79 Å². The average Bonchev–Trinajstić information content (AvgIpc) is 2.14. The van der Waals surface area contributed by atoms with E-state index in [0.717, 1.165) is 19.3 Å². The van der Waals surface area contributed by atoms with Crippen LogP contribution in [0.2, 0.25) is 0 Å². The Bertz CT molecular complexity index is 161. The highest BCUT2D eigenvalue weighted by Crippen LogP contribution is 2.23. The highest BCUT2D eigenvalue weighted by Gasteiger charge is 2.15. The first-order valence-electron chi connectivity index (χ1n) is 3.37. The van der Waals surface area contributed by atoms with Crippen molar-refractivity contribution in [2.24, 2.45) is 0 Å². The standard InChI is InChI=1S/C8H12O/c1-6(2)7-3-4-8(9)5-7/h3-5H2,1-2H3. The Hall–Kier alpha value is -0.590. The minimum Gasteiger partial charge on any atom is -0.299 e. The first-order valence-corrected chi connectivity index (χ1v) is 3.37. The van der Waals surface area contributed by atoms with Gasteiger partial charge in [-0.3, -0.25) is 4.79 Å². The Morgan fingerprint density at radius 3 is 2.22 bits per heavy atom. The average molecular weight is 124 g/mol. The van der Waals surface area contributed by atoms with Gasteiger partial charge >= 0.3 is 0 Å². The van der Waals surface area contributed by atoms with Crippen molar-refractivity contribution < 1.29 is 4.79 Å². The molecule has 0 saturated heterocycles. The molecule has 1 saturated carbocycles. The maximum Gasteiger partial charge on any atom is 0.137 e.